The Morgan fingerprint density at radius 1 is 1.00 bits per heavy atom. The molecule has 7 rings (SSSR count). The monoisotopic (exact) mass is 735 g/mol. The van der Waals surface area contributed by atoms with E-state index in [-0.39, 0.29) is 44.2 Å². The van der Waals surface area contributed by atoms with Gasteiger partial charge in [-0.15, -0.1) is 11.3 Å². The molecule has 0 aliphatic heterocycles. The lowest BCUT2D eigenvalue weighted by atomic mass is 9.94. The molecule has 51 heavy (non-hydrogen) atoms. The van der Waals surface area contributed by atoms with E-state index in [0.29, 0.717) is 10.7 Å². The minimum atomic E-state index is -5.09. The summed E-state index contributed by atoms with van der Waals surface area (Å²) in [5, 5.41) is 5.68. The smallest absolute Gasteiger partial charge is 0.366 e. The van der Waals surface area contributed by atoms with Crippen LogP contribution in [0.3, 0.4) is 0 Å². The van der Waals surface area contributed by atoms with Gasteiger partial charge in [0.15, 0.2) is 16.3 Å². The first-order valence-electron chi connectivity index (χ1n) is 14.9. The number of hydrogen-bond donors (Lipinski definition) is 3. The summed E-state index contributed by atoms with van der Waals surface area (Å²) in [7, 11) is 0. The Morgan fingerprint density at radius 3 is 2.35 bits per heavy atom. The van der Waals surface area contributed by atoms with Gasteiger partial charge in [0, 0.05) is 23.1 Å². The molecule has 19 heteroatoms. The minimum Gasteiger partial charge on any atom is -0.366 e. The molecular formula is C32H21F8N7O3S. The molecule has 10 nitrogen and oxygen atoms in total. The maximum absolute atomic E-state index is 15.2. The standard InChI is InChI=1S/C32H21F8N7O3S/c33-13-3-11(4-14(34)7-13)5-20(43-22(48)10-47-26-23(25(46-47)32(38,39)40)16-8-18(16)31(26,36)37)24-15(12-1-2-19(35)17(6-12)27(41)49)9-21-29(44-24)45-30(51-21)28(42)50/h1-4,6-7,9,16,18,20H,5,8,10H2,(H2,41,49)(H2,42,50)(H,43,48)/t16-,18+,20?/m0/s1. The van der Waals surface area contributed by atoms with Crippen LogP contribution in [-0.2, 0) is 29.9 Å². The normalized spacial score (nSPS) is 18.0. The van der Waals surface area contributed by atoms with Gasteiger partial charge < -0.3 is 16.8 Å². The predicted octanol–water partition coefficient (Wildman–Crippen LogP) is 5.50. The van der Waals surface area contributed by atoms with Gasteiger partial charge in [-0.3, -0.25) is 19.1 Å². The van der Waals surface area contributed by atoms with Crippen molar-refractivity contribution in [2.24, 2.45) is 17.4 Å². The van der Waals surface area contributed by atoms with E-state index in [2.05, 4.69) is 20.4 Å². The van der Waals surface area contributed by atoms with Gasteiger partial charge in [0.2, 0.25) is 5.91 Å². The summed E-state index contributed by atoms with van der Waals surface area (Å²) in [5.41, 5.74) is 6.85. The molecule has 5 aromatic rings. The number of alkyl halides is 5. The maximum atomic E-state index is 15.2. The fraction of sp³-hybridized carbons (Fsp3) is 0.250. The van der Waals surface area contributed by atoms with Gasteiger partial charge in [0.05, 0.1) is 22.0 Å². The average molecular weight is 736 g/mol. The topological polar surface area (TPSA) is 159 Å². The number of nitrogens with one attached hydrogen (secondary N) is 1. The highest BCUT2D eigenvalue weighted by atomic mass is 32.1. The third-order valence-electron chi connectivity index (χ3n) is 8.69. The van der Waals surface area contributed by atoms with Crippen molar-refractivity contribution in [3.63, 3.8) is 0 Å². The van der Waals surface area contributed by atoms with Crippen molar-refractivity contribution in [3.8, 4) is 11.1 Å². The molecule has 3 amide bonds. The summed E-state index contributed by atoms with van der Waals surface area (Å²) < 4.78 is 116. The van der Waals surface area contributed by atoms with Crippen LogP contribution in [0.2, 0.25) is 0 Å². The van der Waals surface area contributed by atoms with Crippen molar-refractivity contribution in [1.82, 2.24) is 25.1 Å². The molecule has 0 spiro atoms. The van der Waals surface area contributed by atoms with Crippen LogP contribution in [0.15, 0.2) is 42.5 Å². The molecule has 0 radical (unpaired) electrons. The zero-order valence-corrected chi connectivity index (χ0v) is 26.3. The number of hydrogen-bond acceptors (Lipinski definition) is 7. The second-order valence-electron chi connectivity index (χ2n) is 12.1. The van der Waals surface area contributed by atoms with Crippen molar-refractivity contribution in [2.45, 2.75) is 43.4 Å². The Labute approximate surface area is 284 Å². The number of fused-ring (bicyclic) bond motifs is 4. The molecule has 0 bridgehead atoms. The number of nitrogens with two attached hydrogens (primary N) is 2. The summed E-state index contributed by atoms with van der Waals surface area (Å²) in [6, 6.07) is 5.62. The first kappa shape index (κ1) is 34.0. The highest BCUT2D eigenvalue weighted by Gasteiger charge is 2.68. The van der Waals surface area contributed by atoms with Gasteiger partial charge in [0.1, 0.15) is 29.7 Å². The number of primary amides is 2. The first-order valence-corrected chi connectivity index (χ1v) is 15.8. The summed E-state index contributed by atoms with van der Waals surface area (Å²) in [6.45, 7) is -1.12. The van der Waals surface area contributed by atoms with Gasteiger partial charge >= 0.3 is 6.18 Å². The fourth-order valence-corrected chi connectivity index (χ4v) is 7.31. The molecule has 3 aromatic heterocycles. The average Bonchev–Trinajstić information content (AvgIpc) is 3.47. The quantitative estimate of drug-likeness (QED) is 0.170. The number of amides is 3. The van der Waals surface area contributed by atoms with Gasteiger partial charge in [-0.05, 0) is 60.2 Å². The molecule has 3 atom stereocenters. The molecule has 2 aliphatic rings. The number of pyridine rings is 1. The fourth-order valence-electron chi connectivity index (χ4n) is 6.51. The van der Waals surface area contributed by atoms with E-state index in [9.17, 15) is 40.7 Å². The lowest BCUT2D eigenvalue weighted by Crippen LogP contribution is -2.35. The van der Waals surface area contributed by atoms with E-state index in [1.54, 1.807) is 0 Å². The van der Waals surface area contributed by atoms with E-state index in [0.717, 1.165) is 35.6 Å². The van der Waals surface area contributed by atoms with Crippen molar-refractivity contribution >= 4 is 39.4 Å². The molecular weight excluding hydrogens is 714 g/mol. The number of carbonyl (C=O) groups is 3. The number of benzene rings is 2. The van der Waals surface area contributed by atoms with Gasteiger partial charge in [0.25, 0.3) is 17.7 Å². The van der Waals surface area contributed by atoms with E-state index in [1.165, 1.54) is 12.1 Å². The first-order chi connectivity index (χ1) is 23.9. The molecule has 264 valence electrons. The number of aromatic nitrogens is 4. The van der Waals surface area contributed by atoms with Crippen LogP contribution in [-0.4, -0.2) is 37.5 Å². The van der Waals surface area contributed by atoms with E-state index < -0.39 is 101 Å². The predicted molar refractivity (Wildman–Crippen MR) is 163 cm³/mol. The van der Waals surface area contributed by atoms with Crippen molar-refractivity contribution in [1.29, 1.82) is 0 Å². The third kappa shape index (κ3) is 6.04. The van der Waals surface area contributed by atoms with Gasteiger partial charge in [-0.2, -0.15) is 27.1 Å². The highest BCUT2D eigenvalue weighted by molar-refractivity contribution is 7.20. The molecule has 1 fully saturated rings. The van der Waals surface area contributed by atoms with E-state index in [1.807, 2.05) is 0 Å². The lowest BCUT2D eigenvalue weighted by Gasteiger charge is -2.23. The number of thiazole rings is 1. The zero-order valence-electron chi connectivity index (χ0n) is 25.5. The second-order valence-corrected chi connectivity index (χ2v) is 13.2. The Hall–Kier alpha value is -5.46. The Kier molecular flexibility index (Phi) is 7.88. The summed E-state index contributed by atoms with van der Waals surface area (Å²) in [5.74, 6) is -12.3. The molecule has 1 saturated carbocycles. The SMILES string of the molecule is NC(=O)c1nc2nc(C(Cc3cc(F)cc(F)c3)NC(=O)Cn3nc(C(F)(F)F)c4c3C(F)(F)[C@@H]3C[C@H]43)c(-c3ccc(F)c(C(N)=O)c3)cc2s1. The van der Waals surface area contributed by atoms with Crippen LogP contribution in [0.25, 0.3) is 21.5 Å². The lowest BCUT2D eigenvalue weighted by molar-refractivity contribution is -0.142. The van der Waals surface area contributed by atoms with Crippen LogP contribution in [0.5, 0.6) is 0 Å². The largest absolute Gasteiger partial charge is 0.435 e. The van der Waals surface area contributed by atoms with Crippen LogP contribution < -0.4 is 16.8 Å². The Morgan fingerprint density at radius 2 is 1.71 bits per heavy atom. The van der Waals surface area contributed by atoms with Crippen LogP contribution in [0, 0.1) is 23.4 Å². The summed E-state index contributed by atoms with van der Waals surface area (Å²) in [4.78, 5) is 46.1. The maximum Gasteiger partial charge on any atom is 0.435 e. The number of rotatable bonds is 9. The third-order valence-corrected chi connectivity index (χ3v) is 9.69. The van der Waals surface area contributed by atoms with Crippen molar-refractivity contribution in [3.05, 3.63) is 98.7 Å². The number of carbonyl (C=O) groups excluding carboxylic acids is 3. The Bertz CT molecular complexity index is 2280. The highest BCUT2D eigenvalue weighted by Crippen LogP contribution is 2.68. The second kappa shape index (κ2) is 11.8. The summed E-state index contributed by atoms with van der Waals surface area (Å²) in [6.07, 6.45) is -5.71. The van der Waals surface area contributed by atoms with Crippen LogP contribution in [0.4, 0.5) is 35.1 Å². The molecule has 0 saturated heterocycles. The molecule has 2 aliphatic carbocycles. The van der Waals surface area contributed by atoms with Crippen LogP contribution >= 0.6 is 11.3 Å². The molecule has 2 aromatic carbocycles. The van der Waals surface area contributed by atoms with E-state index in [4.69, 9.17) is 11.5 Å². The molecule has 5 N–H and O–H groups in total. The minimum absolute atomic E-state index is 0.0513. The number of nitrogens with zero attached hydrogens (tertiary/aromatic N) is 4. The van der Waals surface area contributed by atoms with Gasteiger partial charge in [-0.1, -0.05) is 6.07 Å². The van der Waals surface area contributed by atoms with Gasteiger partial charge in [-0.25, -0.2) is 23.1 Å². The summed E-state index contributed by atoms with van der Waals surface area (Å²) >= 11 is 0.816. The van der Waals surface area contributed by atoms with Crippen molar-refractivity contribution in [2.75, 3.05) is 0 Å². The molecule has 1 unspecified atom stereocenters. The van der Waals surface area contributed by atoms with Crippen molar-refractivity contribution < 1.29 is 49.5 Å². The Balaban J connectivity index is 1.35. The zero-order chi connectivity index (χ0) is 36.7. The van der Waals surface area contributed by atoms with Crippen LogP contribution in [0.1, 0.15) is 66.7 Å². The molecule has 3 heterocycles. The van der Waals surface area contributed by atoms with E-state index >= 15 is 8.78 Å². The number of halogens is 8.